The van der Waals surface area contributed by atoms with Crippen molar-refractivity contribution in [2.24, 2.45) is 17.6 Å². The average molecular weight is 369 g/mol. The second kappa shape index (κ2) is 9.54. The van der Waals surface area contributed by atoms with E-state index in [1.807, 2.05) is 12.1 Å². The lowest BCUT2D eigenvalue weighted by Gasteiger charge is -2.33. The third kappa shape index (κ3) is 4.73. The number of hydrogen-bond acceptors (Lipinski definition) is 2. The summed E-state index contributed by atoms with van der Waals surface area (Å²) in [5.74, 6) is 0.509. The molecule has 5 heteroatoms. The zero-order valence-electron chi connectivity index (χ0n) is 14.8. The lowest BCUT2D eigenvalue weighted by Crippen LogP contribution is -2.45. The van der Waals surface area contributed by atoms with E-state index in [2.05, 4.69) is 4.90 Å². The van der Waals surface area contributed by atoms with Crippen LogP contribution < -0.4 is 5.73 Å². The Bertz CT molecular complexity index is 562. The predicted octanol–water partition coefficient (Wildman–Crippen LogP) is 3.94. The van der Waals surface area contributed by atoms with E-state index in [1.54, 1.807) is 6.07 Å². The van der Waals surface area contributed by atoms with Crippen molar-refractivity contribution in [3.05, 3.63) is 35.6 Å². The number of carbonyl (C=O) groups excluding carboxylic acids is 1. The molecule has 1 aromatic carbocycles. The normalized spacial score (nSPS) is 23.4. The highest BCUT2D eigenvalue weighted by Gasteiger charge is 2.37. The summed E-state index contributed by atoms with van der Waals surface area (Å²) in [5.41, 5.74) is 6.58. The molecule has 25 heavy (non-hydrogen) atoms. The molecular formula is C20H30ClFN2O. The zero-order chi connectivity index (χ0) is 16.9. The molecule has 2 fully saturated rings. The number of hydrogen-bond donors (Lipinski definition) is 1. The largest absolute Gasteiger partial charge is 0.339 e. The molecule has 0 spiro atoms. The minimum absolute atomic E-state index is 0. The fourth-order valence-electron chi connectivity index (χ4n) is 4.49. The number of rotatable bonds is 6. The second-order valence-corrected chi connectivity index (χ2v) is 7.34. The Morgan fingerprint density at radius 3 is 2.52 bits per heavy atom. The molecule has 1 aromatic rings. The van der Waals surface area contributed by atoms with Crippen LogP contribution in [0, 0.1) is 17.7 Å². The lowest BCUT2D eigenvalue weighted by molar-refractivity contribution is -0.139. The summed E-state index contributed by atoms with van der Waals surface area (Å²) in [4.78, 5) is 15.3. The Labute approximate surface area is 156 Å². The van der Waals surface area contributed by atoms with Gasteiger partial charge in [-0.1, -0.05) is 37.5 Å². The maximum absolute atomic E-state index is 13.9. The van der Waals surface area contributed by atoms with Crippen LogP contribution in [0.1, 0.15) is 50.5 Å². The highest BCUT2D eigenvalue weighted by Crippen LogP contribution is 2.34. The van der Waals surface area contributed by atoms with Crippen molar-refractivity contribution < 1.29 is 9.18 Å². The summed E-state index contributed by atoms with van der Waals surface area (Å²) in [6, 6.07) is 7.23. The Hall–Kier alpha value is -1.13. The van der Waals surface area contributed by atoms with Crippen LogP contribution in [0.3, 0.4) is 0 Å². The molecule has 3 nitrogen and oxygen atoms in total. The summed E-state index contributed by atoms with van der Waals surface area (Å²) in [7, 11) is 0. The van der Waals surface area contributed by atoms with Gasteiger partial charge in [0.25, 0.3) is 0 Å². The molecule has 3 rings (SSSR count). The van der Waals surface area contributed by atoms with Crippen LogP contribution in [0.25, 0.3) is 0 Å². The number of nitrogens with two attached hydrogens (primary N) is 1. The summed E-state index contributed by atoms with van der Waals surface area (Å²) >= 11 is 0. The van der Waals surface area contributed by atoms with Gasteiger partial charge < -0.3 is 10.6 Å². The summed E-state index contributed by atoms with van der Waals surface area (Å²) in [6.07, 6.45) is 8.28. The van der Waals surface area contributed by atoms with E-state index < -0.39 is 0 Å². The fraction of sp³-hybridized carbons (Fsp3) is 0.650. The van der Waals surface area contributed by atoms with Crippen LogP contribution in [0.15, 0.2) is 24.3 Å². The van der Waals surface area contributed by atoms with Crippen molar-refractivity contribution in [3.63, 3.8) is 0 Å². The number of nitrogens with zero attached hydrogens (tertiary/aromatic N) is 1. The molecule has 0 aromatic heterocycles. The summed E-state index contributed by atoms with van der Waals surface area (Å²) < 4.78 is 13.9. The molecule has 1 amide bonds. The van der Waals surface area contributed by atoms with Gasteiger partial charge in [0.2, 0.25) is 5.91 Å². The molecule has 0 radical (unpaired) electrons. The fourth-order valence-corrected chi connectivity index (χ4v) is 4.49. The quantitative estimate of drug-likeness (QED) is 0.826. The van der Waals surface area contributed by atoms with Gasteiger partial charge in [0.05, 0.1) is 0 Å². The lowest BCUT2D eigenvalue weighted by atomic mass is 9.93. The van der Waals surface area contributed by atoms with E-state index in [0.29, 0.717) is 37.0 Å². The molecule has 140 valence electrons. The topological polar surface area (TPSA) is 46.3 Å². The monoisotopic (exact) mass is 368 g/mol. The highest BCUT2D eigenvalue weighted by molar-refractivity contribution is 5.85. The van der Waals surface area contributed by atoms with E-state index in [9.17, 15) is 9.18 Å². The van der Waals surface area contributed by atoms with Crippen molar-refractivity contribution in [3.8, 4) is 0 Å². The Kier molecular flexibility index (Phi) is 7.70. The Balaban J connectivity index is 0.00000225. The number of amides is 1. The molecule has 0 bridgehead atoms. The Morgan fingerprint density at radius 1 is 1.12 bits per heavy atom. The van der Waals surface area contributed by atoms with Crippen LogP contribution in [0.5, 0.6) is 0 Å². The molecule has 0 heterocycles. The van der Waals surface area contributed by atoms with Gasteiger partial charge in [-0.05, 0) is 56.2 Å². The van der Waals surface area contributed by atoms with Gasteiger partial charge in [-0.25, -0.2) is 4.39 Å². The number of carbonyl (C=O) groups is 1. The average Bonchev–Trinajstić information content (AvgIpc) is 3.27. The first-order valence-corrected chi connectivity index (χ1v) is 9.44. The van der Waals surface area contributed by atoms with Gasteiger partial charge >= 0.3 is 0 Å². The maximum atomic E-state index is 13.9. The zero-order valence-corrected chi connectivity index (χ0v) is 15.6. The first-order chi connectivity index (χ1) is 11.7. The van der Waals surface area contributed by atoms with E-state index in [0.717, 1.165) is 32.1 Å². The van der Waals surface area contributed by atoms with Crippen LogP contribution in [-0.4, -0.2) is 29.9 Å². The van der Waals surface area contributed by atoms with Crippen molar-refractivity contribution in [1.82, 2.24) is 4.90 Å². The SMILES string of the molecule is Cl.NC[C@H]1CCC[C@H]1C(=O)N(CCc1ccccc1F)C1CCCC1. The number of benzene rings is 1. The molecule has 2 aliphatic rings. The van der Waals surface area contributed by atoms with Gasteiger partial charge in [0.1, 0.15) is 5.82 Å². The van der Waals surface area contributed by atoms with Crippen LogP contribution in [-0.2, 0) is 11.2 Å². The Morgan fingerprint density at radius 2 is 1.84 bits per heavy atom. The van der Waals surface area contributed by atoms with Gasteiger partial charge in [-0.3, -0.25) is 4.79 Å². The van der Waals surface area contributed by atoms with Crippen LogP contribution in [0.4, 0.5) is 4.39 Å². The van der Waals surface area contributed by atoms with Crippen LogP contribution >= 0.6 is 12.4 Å². The molecule has 2 N–H and O–H groups in total. The van der Waals surface area contributed by atoms with E-state index in [4.69, 9.17) is 5.73 Å². The second-order valence-electron chi connectivity index (χ2n) is 7.34. The third-order valence-electron chi connectivity index (χ3n) is 5.91. The first-order valence-electron chi connectivity index (χ1n) is 9.44. The van der Waals surface area contributed by atoms with Gasteiger partial charge in [-0.15, -0.1) is 12.4 Å². The highest BCUT2D eigenvalue weighted by atomic mass is 35.5. The van der Waals surface area contributed by atoms with E-state index in [1.165, 1.54) is 18.9 Å². The van der Waals surface area contributed by atoms with E-state index in [-0.39, 0.29) is 30.0 Å². The van der Waals surface area contributed by atoms with Crippen LogP contribution in [0.2, 0.25) is 0 Å². The molecule has 0 aliphatic heterocycles. The van der Waals surface area contributed by atoms with E-state index >= 15 is 0 Å². The third-order valence-corrected chi connectivity index (χ3v) is 5.91. The number of halogens is 2. The van der Waals surface area contributed by atoms with Crippen molar-refractivity contribution in [2.75, 3.05) is 13.1 Å². The smallest absolute Gasteiger partial charge is 0.226 e. The summed E-state index contributed by atoms with van der Waals surface area (Å²) in [6.45, 7) is 1.22. The van der Waals surface area contributed by atoms with Gasteiger partial charge in [0.15, 0.2) is 0 Å². The molecular weight excluding hydrogens is 339 g/mol. The minimum Gasteiger partial charge on any atom is -0.339 e. The predicted molar refractivity (Wildman–Crippen MR) is 101 cm³/mol. The molecule has 2 aliphatic carbocycles. The maximum Gasteiger partial charge on any atom is 0.226 e. The van der Waals surface area contributed by atoms with Crippen molar-refractivity contribution >= 4 is 18.3 Å². The minimum atomic E-state index is -0.169. The molecule has 0 unspecified atom stereocenters. The summed E-state index contributed by atoms with van der Waals surface area (Å²) in [5, 5.41) is 0. The standard InChI is InChI=1S/C20H29FN2O.ClH/c21-19-11-4-1-6-15(19)12-13-23(17-8-2-3-9-17)20(24)18-10-5-7-16(18)14-22;/h1,4,6,11,16-18H,2-3,5,7-10,12-14,22H2;1H/t16-,18-;/m1./s1. The molecule has 2 atom stereocenters. The van der Waals surface area contributed by atoms with Crippen molar-refractivity contribution in [2.45, 2.75) is 57.4 Å². The molecule has 0 saturated heterocycles. The molecule has 2 saturated carbocycles. The first kappa shape index (κ1) is 20.2. The van der Waals surface area contributed by atoms with Crippen molar-refractivity contribution in [1.29, 1.82) is 0 Å². The van der Waals surface area contributed by atoms with Gasteiger partial charge in [-0.2, -0.15) is 0 Å². The van der Waals surface area contributed by atoms with Gasteiger partial charge in [0, 0.05) is 18.5 Å².